The Bertz CT molecular complexity index is 561. The third-order valence-electron chi connectivity index (χ3n) is 3.57. The maximum Gasteiger partial charge on any atom is 0.323 e. The minimum Gasteiger partial charge on any atom is -0.352 e. The average molecular weight is 306 g/mol. The standard InChI is InChI=1S/C14H18N4O2S/c19-12(16-10-4-1-2-5-10)8-11-9-21-14(17-11)18-7-3-6-15-13(18)20/h1-2,9-10H,3-8H2,(H,15,20)(H,16,19). The number of aromatic nitrogens is 1. The fraction of sp³-hybridized carbons (Fsp3) is 0.500. The Kier molecular flexibility index (Phi) is 4.19. The molecule has 3 rings (SSSR count). The first-order valence-corrected chi connectivity index (χ1v) is 8.04. The van der Waals surface area contributed by atoms with Crippen LogP contribution in [0.4, 0.5) is 9.93 Å². The minimum absolute atomic E-state index is 0.0105. The molecule has 0 aromatic carbocycles. The molecule has 3 amide bonds. The SMILES string of the molecule is O=C(Cc1csc(N2CCCNC2=O)n1)NC1CC=CC1. The van der Waals surface area contributed by atoms with E-state index in [0.29, 0.717) is 18.2 Å². The smallest absolute Gasteiger partial charge is 0.323 e. The Balaban J connectivity index is 1.56. The predicted molar refractivity (Wildman–Crippen MR) is 81.5 cm³/mol. The van der Waals surface area contributed by atoms with Crippen LogP contribution in [-0.2, 0) is 11.2 Å². The summed E-state index contributed by atoms with van der Waals surface area (Å²) in [6.45, 7) is 1.39. The summed E-state index contributed by atoms with van der Waals surface area (Å²) in [6, 6.07) is 0.118. The van der Waals surface area contributed by atoms with Crippen LogP contribution < -0.4 is 15.5 Å². The van der Waals surface area contributed by atoms with Crippen molar-refractivity contribution >= 4 is 28.4 Å². The zero-order valence-electron chi connectivity index (χ0n) is 11.7. The maximum atomic E-state index is 12.0. The first kappa shape index (κ1) is 14.1. The third kappa shape index (κ3) is 3.41. The van der Waals surface area contributed by atoms with E-state index in [1.807, 2.05) is 5.38 Å². The number of urea groups is 1. The van der Waals surface area contributed by atoms with E-state index in [-0.39, 0.29) is 24.4 Å². The lowest BCUT2D eigenvalue weighted by molar-refractivity contribution is -0.121. The molecule has 0 atom stereocenters. The highest BCUT2D eigenvalue weighted by Gasteiger charge is 2.22. The van der Waals surface area contributed by atoms with Crippen molar-refractivity contribution in [1.29, 1.82) is 0 Å². The van der Waals surface area contributed by atoms with Crippen LogP contribution in [0.25, 0.3) is 0 Å². The lowest BCUT2D eigenvalue weighted by Gasteiger charge is -2.24. The quantitative estimate of drug-likeness (QED) is 0.827. The summed E-state index contributed by atoms with van der Waals surface area (Å²) in [5.74, 6) is -0.0105. The second-order valence-corrected chi connectivity index (χ2v) is 6.08. The molecule has 0 bridgehead atoms. The molecule has 21 heavy (non-hydrogen) atoms. The van der Waals surface area contributed by atoms with Crippen LogP contribution in [0.15, 0.2) is 17.5 Å². The van der Waals surface area contributed by atoms with Crippen LogP contribution in [0, 0.1) is 0 Å². The molecule has 0 spiro atoms. The topological polar surface area (TPSA) is 74.3 Å². The predicted octanol–water partition coefficient (Wildman–Crippen LogP) is 1.44. The summed E-state index contributed by atoms with van der Waals surface area (Å²) in [5, 5.41) is 8.31. The fourth-order valence-electron chi connectivity index (χ4n) is 2.49. The Hall–Kier alpha value is -1.89. The normalized spacial score (nSPS) is 18.9. The molecule has 2 N–H and O–H groups in total. The highest BCUT2D eigenvalue weighted by molar-refractivity contribution is 7.14. The van der Waals surface area contributed by atoms with Crippen molar-refractivity contribution in [1.82, 2.24) is 15.6 Å². The molecule has 1 aromatic heterocycles. The molecule has 7 heteroatoms. The second-order valence-electron chi connectivity index (χ2n) is 5.24. The van der Waals surface area contributed by atoms with E-state index >= 15 is 0 Å². The van der Waals surface area contributed by atoms with Crippen LogP contribution in [0.2, 0.25) is 0 Å². The summed E-state index contributed by atoms with van der Waals surface area (Å²) < 4.78 is 0. The molecule has 2 heterocycles. The Morgan fingerprint density at radius 2 is 2.29 bits per heavy atom. The van der Waals surface area contributed by atoms with Crippen LogP contribution >= 0.6 is 11.3 Å². The number of hydrogen-bond acceptors (Lipinski definition) is 4. The van der Waals surface area contributed by atoms with E-state index in [9.17, 15) is 9.59 Å². The number of nitrogens with zero attached hydrogens (tertiary/aromatic N) is 2. The maximum absolute atomic E-state index is 12.0. The second kappa shape index (κ2) is 6.26. The number of amides is 3. The van der Waals surface area contributed by atoms with Crippen molar-refractivity contribution in [3.63, 3.8) is 0 Å². The molecule has 1 fully saturated rings. The minimum atomic E-state index is -0.108. The van der Waals surface area contributed by atoms with Crippen molar-refractivity contribution < 1.29 is 9.59 Å². The monoisotopic (exact) mass is 306 g/mol. The molecule has 1 aliphatic carbocycles. The highest BCUT2D eigenvalue weighted by atomic mass is 32.1. The highest BCUT2D eigenvalue weighted by Crippen LogP contribution is 2.22. The Morgan fingerprint density at radius 1 is 1.48 bits per heavy atom. The lowest BCUT2D eigenvalue weighted by Crippen LogP contribution is -2.46. The molecular formula is C14H18N4O2S. The molecule has 1 aromatic rings. The Morgan fingerprint density at radius 3 is 3.05 bits per heavy atom. The van der Waals surface area contributed by atoms with Gasteiger partial charge in [0.1, 0.15) is 0 Å². The van der Waals surface area contributed by atoms with E-state index in [1.54, 1.807) is 4.90 Å². The first-order valence-electron chi connectivity index (χ1n) is 7.16. The number of carbonyl (C=O) groups is 2. The van der Waals surface area contributed by atoms with Crippen molar-refractivity contribution in [3.05, 3.63) is 23.2 Å². The average Bonchev–Trinajstić information content (AvgIpc) is 3.11. The number of rotatable bonds is 4. The van der Waals surface area contributed by atoms with Gasteiger partial charge in [0.15, 0.2) is 5.13 Å². The van der Waals surface area contributed by atoms with Gasteiger partial charge in [0.05, 0.1) is 12.1 Å². The molecule has 1 aliphatic heterocycles. The molecule has 112 valence electrons. The zero-order valence-corrected chi connectivity index (χ0v) is 12.5. The van der Waals surface area contributed by atoms with E-state index in [2.05, 4.69) is 27.8 Å². The van der Waals surface area contributed by atoms with Crippen LogP contribution in [0.1, 0.15) is 25.0 Å². The third-order valence-corrected chi connectivity index (χ3v) is 4.48. The first-order chi connectivity index (χ1) is 10.2. The summed E-state index contributed by atoms with van der Waals surface area (Å²) in [7, 11) is 0. The van der Waals surface area contributed by atoms with Gasteiger partial charge in [0.25, 0.3) is 0 Å². The van der Waals surface area contributed by atoms with Crippen LogP contribution in [-0.4, -0.2) is 36.1 Å². The number of thiazole rings is 1. The van der Waals surface area contributed by atoms with Gasteiger partial charge < -0.3 is 10.6 Å². The number of carbonyl (C=O) groups excluding carboxylic acids is 2. The van der Waals surface area contributed by atoms with Gasteiger partial charge >= 0.3 is 6.03 Å². The van der Waals surface area contributed by atoms with E-state index in [0.717, 1.165) is 25.0 Å². The molecule has 2 aliphatic rings. The molecule has 0 radical (unpaired) electrons. The van der Waals surface area contributed by atoms with Crippen molar-refractivity contribution in [2.75, 3.05) is 18.0 Å². The molecule has 1 saturated heterocycles. The molecule has 0 saturated carbocycles. The molecule has 6 nitrogen and oxygen atoms in total. The van der Waals surface area contributed by atoms with E-state index in [1.165, 1.54) is 11.3 Å². The van der Waals surface area contributed by atoms with Crippen molar-refractivity contribution in [2.45, 2.75) is 31.7 Å². The van der Waals surface area contributed by atoms with E-state index < -0.39 is 0 Å². The van der Waals surface area contributed by atoms with Crippen LogP contribution in [0.3, 0.4) is 0 Å². The van der Waals surface area contributed by atoms with Gasteiger partial charge in [-0.2, -0.15) is 0 Å². The molecule has 0 unspecified atom stereocenters. The van der Waals surface area contributed by atoms with Crippen LogP contribution in [0.5, 0.6) is 0 Å². The van der Waals surface area contributed by atoms with Gasteiger partial charge in [-0.25, -0.2) is 9.78 Å². The number of nitrogens with one attached hydrogen (secondary N) is 2. The van der Waals surface area contributed by atoms with Gasteiger partial charge in [-0.05, 0) is 19.3 Å². The van der Waals surface area contributed by atoms with Gasteiger partial charge in [-0.1, -0.05) is 12.2 Å². The molecular weight excluding hydrogens is 288 g/mol. The lowest BCUT2D eigenvalue weighted by atomic mass is 10.2. The fourth-order valence-corrected chi connectivity index (χ4v) is 3.34. The Labute approximate surface area is 127 Å². The largest absolute Gasteiger partial charge is 0.352 e. The van der Waals surface area contributed by atoms with Crippen molar-refractivity contribution in [2.24, 2.45) is 0 Å². The number of anilines is 1. The van der Waals surface area contributed by atoms with Gasteiger partial charge in [0.2, 0.25) is 5.91 Å². The summed E-state index contributed by atoms with van der Waals surface area (Å²) >= 11 is 1.41. The van der Waals surface area contributed by atoms with Gasteiger partial charge in [0, 0.05) is 24.5 Å². The van der Waals surface area contributed by atoms with E-state index in [4.69, 9.17) is 0 Å². The summed E-state index contributed by atoms with van der Waals surface area (Å²) in [6.07, 6.45) is 7.16. The summed E-state index contributed by atoms with van der Waals surface area (Å²) in [4.78, 5) is 29.7. The zero-order chi connectivity index (χ0) is 14.7. The summed E-state index contributed by atoms with van der Waals surface area (Å²) in [5.41, 5.74) is 0.719. The van der Waals surface area contributed by atoms with Gasteiger partial charge in [-0.3, -0.25) is 9.69 Å². The van der Waals surface area contributed by atoms with Gasteiger partial charge in [-0.15, -0.1) is 11.3 Å². The van der Waals surface area contributed by atoms with Crippen molar-refractivity contribution in [3.8, 4) is 0 Å². The number of hydrogen-bond donors (Lipinski definition) is 2.